The van der Waals surface area contributed by atoms with E-state index < -0.39 is 0 Å². The van der Waals surface area contributed by atoms with Gasteiger partial charge in [0.05, 0.1) is 11.9 Å². The summed E-state index contributed by atoms with van der Waals surface area (Å²) >= 11 is 0. The van der Waals surface area contributed by atoms with E-state index in [9.17, 15) is 4.79 Å². The van der Waals surface area contributed by atoms with Crippen molar-refractivity contribution in [1.29, 1.82) is 0 Å². The number of carbonyl (C=O) groups excluding carboxylic acids is 1. The van der Waals surface area contributed by atoms with Crippen molar-refractivity contribution in [2.75, 3.05) is 10.6 Å². The SMILES string of the molecule is Cc1nc(Nc2cccc(NC(=O)c3cnccn3)c2)cc(-c2ccccc2)n1. The third-order valence-corrected chi connectivity index (χ3v) is 4.10. The van der Waals surface area contributed by atoms with Crippen molar-refractivity contribution in [1.82, 2.24) is 19.9 Å². The zero-order chi connectivity index (χ0) is 20.1. The molecule has 0 fully saturated rings. The lowest BCUT2D eigenvalue weighted by Gasteiger charge is -2.11. The van der Waals surface area contributed by atoms with Gasteiger partial charge in [0.1, 0.15) is 17.3 Å². The van der Waals surface area contributed by atoms with Crippen LogP contribution in [0.4, 0.5) is 17.2 Å². The number of carbonyl (C=O) groups is 1. The number of anilines is 3. The molecule has 2 aromatic heterocycles. The lowest BCUT2D eigenvalue weighted by molar-refractivity contribution is 0.102. The summed E-state index contributed by atoms with van der Waals surface area (Å²) < 4.78 is 0. The van der Waals surface area contributed by atoms with Crippen LogP contribution in [0.1, 0.15) is 16.3 Å². The van der Waals surface area contributed by atoms with Crippen LogP contribution in [-0.2, 0) is 0 Å². The fourth-order valence-electron chi connectivity index (χ4n) is 2.82. The Kier molecular flexibility index (Phi) is 5.20. The number of aromatic nitrogens is 4. The highest BCUT2D eigenvalue weighted by Crippen LogP contribution is 2.23. The Morgan fingerprint density at radius 1 is 0.897 bits per heavy atom. The molecule has 0 spiro atoms. The molecule has 0 radical (unpaired) electrons. The van der Waals surface area contributed by atoms with Gasteiger partial charge < -0.3 is 10.6 Å². The Hall–Kier alpha value is -4.13. The van der Waals surface area contributed by atoms with Gasteiger partial charge in [0.15, 0.2) is 0 Å². The van der Waals surface area contributed by atoms with Gasteiger partial charge in [-0.3, -0.25) is 9.78 Å². The summed E-state index contributed by atoms with van der Waals surface area (Å²) in [6.45, 7) is 1.86. The third-order valence-electron chi connectivity index (χ3n) is 4.10. The van der Waals surface area contributed by atoms with Crippen molar-refractivity contribution < 1.29 is 4.79 Å². The van der Waals surface area contributed by atoms with E-state index in [1.54, 1.807) is 6.07 Å². The molecular formula is C22H18N6O. The molecule has 2 heterocycles. The third kappa shape index (κ3) is 4.59. The van der Waals surface area contributed by atoms with Crippen LogP contribution in [0.15, 0.2) is 79.3 Å². The number of rotatable bonds is 5. The molecular weight excluding hydrogens is 364 g/mol. The highest BCUT2D eigenvalue weighted by atomic mass is 16.1. The standard InChI is InChI=1S/C22H18N6O/c1-15-25-19(16-6-3-2-4-7-16)13-21(26-15)27-17-8-5-9-18(12-17)28-22(29)20-14-23-10-11-24-20/h2-14H,1H3,(H,28,29)(H,25,26,27). The summed E-state index contributed by atoms with van der Waals surface area (Å²) in [5.74, 6) is 1.02. The molecule has 0 aliphatic heterocycles. The van der Waals surface area contributed by atoms with Crippen molar-refractivity contribution in [2.24, 2.45) is 0 Å². The first-order valence-corrected chi connectivity index (χ1v) is 9.03. The minimum Gasteiger partial charge on any atom is -0.340 e. The molecule has 0 saturated carbocycles. The normalized spacial score (nSPS) is 10.4. The average Bonchev–Trinajstić information content (AvgIpc) is 2.75. The Bertz CT molecular complexity index is 1130. The number of benzene rings is 2. The molecule has 0 unspecified atom stereocenters. The maximum Gasteiger partial charge on any atom is 0.275 e. The number of nitrogens with zero attached hydrogens (tertiary/aromatic N) is 4. The Morgan fingerprint density at radius 2 is 1.72 bits per heavy atom. The van der Waals surface area contributed by atoms with Crippen LogP contribution in [-0.4, -0.2) is 25.8 Å². The summed E-state index contributed by atoms with van der Waals surface area (Å²) in [5, 5.41) is 6.10. The van der Waals surface area contributed by atoms with Gasteiger partial charge in [0.2, 0.25) is 0 Å². The smallest absolute Gasteiger partial charge is 0.275 e. The Labute approximate surface area is 167 Å². The van der Waals surface area contributed by atoms with Crippen molar-refractivity contribution in [3.63, 3.8) is 0 Å². The molecule has 0 bridgehead atoms. The van der Waals surface area contributed by atoms with E-state index in [1.807, 2.05) is 61.5 Å². The van der Waals surface area contributed by atoms with Crippen molar-refractivity contribution in [2.45, 2.75) is 6.92 Å². The molecule has 4 rings (SSSR count). The number of nitrogens with one attached hydrogen (secondary N) is 2. The second-order valence-corrected chi connectivity index (χ2v) is 6.30. The Morgan fingerprint density at radius 3 is 2.52 bits per heavy atom. The number of hydrogen-bond donors (Lipinski definition) is 2. The lowest BCUT2D eigenvalue weighted by Crippen LogP contribution is -2.13. The molecule has 2 aromatic carbocycles. The minimum absolute atomic E-state index is 0.254. The highest BCUT2D eigenvalue weighted by Gasteiger charge is 2.09. The van der Waals surface area contributed by atoms with Crippen molar-refractivity contribution in [3.05, 3.63) is 90.8 Å². The Balaban J connectivity index is 1.54. The quantitative estimate of drug-likeness (QED) is 0.536. The second kappa shape index (κ2) is 8.26. The first-order valence-electron chi connectivity index (χ1n) is 9.03. The van der Waals surface area contributed by atoms with Crippen molar-refractivity contribution in [3.8, 4) is 11.3 Å². The van der Waals surface area contributed by atoms with Gasteiger partial charge in [-0.05, 0) is 25.1 Å². The zero-order valence-corrected chi connectivity index (χ0v) is 15.7. The molecule has 142 valence electrons. The van der Waals surface area contributed by atoms with E-state index in [2.05, 4.69) is 30.6 Å². The van der Waals surface area contributed by atoms with Crippen LogP contribution >= 0.6 is 0 Å². The van der Waals surface area contributed by atoms with E-state index in [0.717, 1.165) is 16.9 Å². The topological polar surface area (TPSA) is 92.7 Å². The van der Waals surface area contributed by atoms with Gasteiger partial charge in [0.25, 0.3) is 5.91 Å². The van der Waals surface area contributed by atoms with E-state index in [-0.39, 0.29) is 11.6 Å². The lowest BCUT2D eigenvalue weighted by atomic mass is 10.1. The van der Waals surface area contributed by atoms with E-state index in [4.69, 9.17) is 0 Å². The molecule has 1 amide bonds. The zero-order valence-electron chi connectivity index (χ0n) is 15.7. The highest BCUT2D eigenvalue weighted by molar-refractivity contribution is 6.02. The van der Waals surface area contributed by atoms with Crippen LogP contribution in [0.2, 0.25) is 0 Å². The first kappa shape index (κ1) is 18.2. The summed E-state index contributed by atoms with van der Waals surface area (Å²) in [6.07, 6.45) is 4.43. The van der Waals surface area contributed by atoms with Crippen LogP contribution in [0.3, 0.4) is 0 Å². The molecule has 0 aliphatic rings. The molecule has 2 N–H and O–H groups in total. The monoisotopic (exact) mass is 382 g/mol. The summed E-state index contributed by atoms with van der Waals surface area (Å²) in [6, 6.07) is 19.2. The summed E-state index contributed by atoms with van der Waals surface area (Å²) in [7, 11) is 0. The predicted molar refractivity (Wildman–Crippen MR) is 112 cm³/mol. The van der Waals surface area contributed by atoms with Gasteiger partial charge in [-0.25, -0.2) is 15.0 Å². The van der Waals surface area contributed by atoms with Gasteiger partial charge in [-0.2, -0.15) is 0 Å². The fourth-order valence-corrected chi connectivity index (χ4v) is 2.82. The van der Waals surface area contributed by atoms with Gasteiger partial charge >= 0.3 is 0 Å². The van der Waals surface area contributed by atoms with E-state index >= 15 is 0 Å². The second-order valence-electron chi connectivity index (χ2n) is 6.30. The summed E-state index contributed by atoms with van der Waals surface area (Å²) in [4.78, 5) is 29.2. The van der Waals surface area contributed by atoms with Crippen LogP contribution < -0.4 is 10.6 Å². The van der Waals surface area contributed by atoms with Crippen molar-refractivity contribution >= 4 is 23.1 Å². The van der Waals surface area contributed by atoms with Gasteiger partial charge in [-0.15, -0.1) is 0 Å². The van der Waals surface area contributed by atoms with Crippen LogP contribution in [0, 0.1) is 6.92 Å². The largest absolute Gasteiger partial charge is 0.340 e. The molecule has 4 aromatic rings. The first-order chi connectivity index (χ1) is 14.2. The maximum absolute atomic E-state index is 12.3. The van der Waals surface area contributed by atoms with Crippen LogP contribution in [0.25, 0.3) is 11.3 Å². The van der Waals surface area contributed by atoms with E-state index in [1.165, 1.54) is 18.6 Å². The maximum atomic E-state index is 12.3. The molecule has 29 heavy (non-hydrogen) atoms. The predicted octanol–water partition coefficient (Wildman–Crippen LogP) is 4.24. The molecule has 0 saturated heterocycles. The fraction of sp³-hybridized carbons (Fsp3) is 0.0455. The van der Waals surface area contributed by atoms with Crippen LogP contribution in [0.5, 0.6) is 0 Å². The summed E-state index contributed by atoms with van der Waals surface area (Å²) in [5.41, 5.74) is 3.54. The average molecular weight is 382 g/mol. The molecule has 0 atom stereocenters. The van der Waals surface area contributed by atoms with E-state index in [0.29, 0.717) is 17.3 Å². The molecule has 0 aliphatic carbocycles. The minimum atomic E-state index is -0.320. The number of aryl methyl sites for hydroxylation is 1. The molecule has 7 nitrogen and oxygen atoms in total. The van der Waals surface area contributed by atoms with Gasteiger partial charge in [-0.1, -0.05) is 36.4 Å². The van der Waals surface area contributed by atoms with Gasteiger partial charge in [0, 0.05) is 35.4 Å². The number of amides is 1. The molecule has 7 heteroatoms. The number of hydrogen-bond acceptors (Lipinski definition) is 6.